The zero-order valence-corrected chi connectivity index (χ0v) is 17.2. The van der Waals surface area contributed by atoms with Crippen LogP contribution in [0.2, 0.25) is 0 Å². The minimum atomic E-state index is -0.241. The second kappa shape index (κ2) is 6.47. The number of H-pyrrole nitrogens is 1. The maximum atomic E-state index is 13.7. The number of aromatic amines is 1. The average molecular weight is 420 g/mol. The van der Waals surface area contributed by atoms with Gasteiger partial charge in [0.25, 0.3) is 0 Å². The molecule has 2 aromatic carbocycles. The number of fused-ring (bicyclic) bond motifs is 4. The number of furan rings is 1. The standard InChI is InChI=1S/C26H20N4O2/c31-22-13-15(23-10-5-11-32-23)12-20-24(22)25(17-14-27-18-7-2-1-6-16(17)18)30-21-9-4-3-8-19(21)28-26(30)29-20/h1-11,14-15,25,27H,12-13H2,(H,28,29). The fraction of sp³-hybridized carbons (Fsp3) is 0.154. The molecule has 1 aliphatic heterocycles. The van der Waals surface area contributed by atoms with Gasteiger partial charge >= 0.3 is 0 Å². The van der Waals surface area contributed by atoms with Gasteiger partial charge in [-0.3, -0.25) is 9.36 Å². The molecular weight excluding hydrogens is 400 g/mol. The van der Waals surface area contributed by atoms with Crippen LogP contribution in [-0.4, -0.2) is 20.3 Å². The van der Waals surface area contributed by atoms with E-state index in [1.54, 1.807) is 6.26 Å². The highest BCUT2D eigenvalue weighted by Gasteiger charge is 2.40. The van der Waals surface area contributed by atoms with Gasteiger partial charge < -0.3 is 14.7 Å². The van der Waals surface area contributed by atoms with Crippen LogP contribution >= 0.6 is 0 Å². The Labute approximate surface area is 183 Å². The lowest BCUT2D eigenvalue weighted by molar-refractivity contribution is -0.116. The molecule has 5 aromatic rings. The van der Waals surface area contributed by atoms with E-state index in [1.165, 1.54) is 0 Å². The van der Waals surface area contributed by atoms with Crippen LogP contribution in [0.4, 0.5) is 5.95 Å². The van der Waals surface area contributed by atoms with Crippen LogP contribution in [0.5, 0.6) is 0 Å². The maximum Gasteiger partial charge on any atom is 0.209 e. The first-order chi connectivity index (χ1) is 15.8. The second-order valence-electron chi connectivity index (χ2n) is 8.55. The molecule has 0 saturated heterocycles. The monoisotopic (exact) mass is 420 g/mol. The number of ketones is 1. The average Bonchev–Trinajstić information content (AvgIpc) is 3.55. The van der Waals surface area contributed by atoms with E-state index in [0.29, 0.717) is 6.42 Å². The van der Waals surface area contributed by atoms with Crippen molar-refractivity contribution in [1.82, 2.24) is 14.5 Å². The molecular formula is C26H20N4O2. The molecule has 4 heterocycles. The number of Topliss-reactive ketones (excluding diaryl/α,β-unsaturated/α-hetero) is 1. The molecule has 2 unspecified atom stereocenters. The molecule has 32 heavy (non-hydrogen) atoms. The van der Waals surface area contributed by atoms with E-state index < -0.39 is 0 Å². The third kappa shape index (κ3) is 2.40. The van der Waals surface area contributed by atoms with Crippen molar-refractivity contribution in [1.29, 1.82) is 0 Å². The van der Waals surface area contributed by atoms with Crippen LogP contribution in [0.15, 0.2) is 88.8 Å². The van der Waals surface area contributed by atoms with Gasteiger partial charge in [0.1, 0.15) is 5.76 Å². The lowest BCUT2D eigenvalue weighted by Crippen LogP contribution is -2.33. The number of anilines is 1. The van der Waals surface area contributed by atoms with Crippen LogP contribution in [0.3, 0.4) is 0 Å². The molecule has 0 amide bonds. The zero-order valence-electron chi connectivity index (χ0n) is 17.2. The highest BCUT2D eigenvalue weighted by molar-refractivity contribution is 6.02. The molecule has 6 heteroatoms. The van der Waals surface area contributed by atoms with Crippen LogP contribution in [0, 0.1) is 0 Å². The molecule has 0 bridgehead atoms. The summed E-state index contributed by atoms with van der Waals surface area (Å²) in [7, 11) is 0. The summed E-state index contributed by atoms with van der Waals surface area (Å²) in [5.41, 5.74) is 5.84. The Morgan fingerprint density at radius 2 is 1.88 bits per heavy atom. The summed E-state index contributed by atoms with van der Waals surface area (Å²) in [6.07, 6.45) is 4.87. The van der Waals surface area contributed by atoms with Crippen molar-refractivity contribution in [3.8, 4) is 0 Å². The SMILES string of the molecule is O=C1CC(c2ccco2)CC2=C1C(c1c[nH]c3ccccc13)n1c(nc3ccccc31)N2. The number of nitrogens with zero attached hydrogens (tertiary/aromatic N) is 2. The van der Waals surface area contributed by atoms with E-state index >= 15 is 0 Å². The van der Waals surface area contributed by atoms with Crippen molar-refractivity contribution in [2.45, 2.75) is 24.8 Å². The molecule has 0 fully saturated rings. The fourth-order valence-electron chi connectivity index (χ4n) is 5.36. The molecule has 1 aliphatic carbocycles. The first-order valence-electron chi connectivity index (χ1n) is 10.9. The van der Waals surface area contributed by atoms with Gasteiger partial charge in [-0.2, -0.15) is 0 Å². The predicted molar refractivity (Wildman–Crippen MR) is 123 cm³/mol. The van der Waals surface area contributed by atoms with Crippen molar-refractivity contribution in [2.75, 3.05) is 5.32 Å². The number of carbonyl (C=O) groups excluding carboxylic acids is 1. The number of hydrogen-bond donors (Lipinski definition) is 2. The first-order valence-corrected chi connectivity index (χ1v) is 10.9. The maximum absolute atomic E-state index is 13.7. The topological polar surface area (TPSA) is 75.8 Å². The van der Waals surface area contributed by atoms with Gasteiger partial charge in [0.05, 0.1) is 23.3 Å². The second-order valence-corrected chi connectivity index (χ2v) is 8.55. The molecule has 2 aliphatic rings. The molecule has 0 radical (unpaired) electrons. The minimum absolute atomic E-state index is 0.0308. The molecule has 0 spiro atoms. The van der Waals surface area contributed by atoms with Gasteiger partial charge in [0, 0.05) is 46.3 Å². The number of carbonyl (C=O) groups is 1. The summed E-state index contributed by atoms with van der Waals surface area (Å²) >= 11 is 0. The number of imidazole rings is 1. The Morgan fingerprint density at radius 3 is 2.78 bits per heavy atom. The molecule has 2 N–H and O–H groups in total. The zero-order chi connectivity index (χ0) is 21.2. The van der Waals surface area contributed by atoms with E-state index in [9.17, 15) is 4.79 Å². The van der Waals surface area contributed by atoms with Gasteiger partial charge in [-0.05, 0) is 36.8 Å². The van der Waals surface area contributed by atoms with E-state index in [-0.39, 0.29) is 17.7 Å². The minimum Gasteiger partial charge on any atom is -0.469 e. The normalized spacial score (nSPS) is 20.4. The van der Waals surface area contributed by atoms with Crippen molar-refractivity contribution in [3.63, 3.8) is 0 Å². The number of benzene rings is 2. The smallest absolute Gasteiger partial charge is 0.209 e. The number of rotatable bonds is 2. The Balaban J connectivity index is 1.48. The van der Waals surface area contributed by atoms with E-state index in [1.807, 2.05) is 48.7 Å². The number of allylic oxidation sites excluding steroid dienone is 2. The van der Waals surface area contributed by atoms with E-state index in [4.69, 9.17) is 9.40 Å². The summed E-state index contributed by atoms with van der Waals surface area (Å²) in [6.45, 7) is 0. The van der Waals surface area contributed by atoms with Gasteiger partial charge in [-0.1, -0.05) is 30.3 Å². The van der Waals surface area contributed by atoms with E-state index in [0.717, 1.165) is 56.9 Å². The Hall–Kier alpha value is -4.06. The number of nitrogens with one attached hydrogen (secondary N) is 2. The Morgan fingerprint density at radius 1 is 1.00 bits per heavy atom. The van der Waals surface area contributed by atoms with E-state index in [2.05, 4.69) is 33.1 Å². The molecule has 2 atom stereocenters. The van der Waals surface area contributed by atoms with Crippen molar-refractivity contribution >= 4 is 33.7 Å². The van der Waals surface area contributed by atoms with Crippen LogP contribution in [0.1, 0.15) is 36.1 Å². The molecule has 0 saturated carbocycles. The van der Waals surface area contributed by atoms with Gasteiger partial charge in [-0.15, -0.1) is 0 Å². The third-order valence-electron chi connectivity index (χ3n) is 6.76. The van der Waals surface area contributed by atoms with Crippen LogP contribution in [-0.2, 0) is 4.79 Å². The number of aromatic nitrogens is 3. The summed E-state index contributed by atoms with van der Waals surface area (Å²) in [5.74, 6) is 1.81. The van der Waals surface area contributed by atoms with Crippen LogP contribution in [0.25, 0.3) is 21.9 Å². The summed E-state index contributed by atoms with van der Waals surface area (Å²) in [6, 6.07) is 19.9. The third-order valence-corrected chi connectivity index (χ3v) is 6.76. The highest BCUT2D eigenvalue weighted by Crippen LogP contribution is 2.47. The van der Waals surface area contributed by atoms with Gasteiger partial charge in [0.15, 0.2) is 5.78 Å². The molecule has 7 rings (SSSR count). The summed E-state index contributed by atoms with van der Waals surface area (Å²) in [4.78, 5) is 21.9. The largest absolute Gasteiger partial charge is 0.469 e. The number of hydrogen-bond acceptors (Lipinski definition) is 4. The summed E-state index contributed by atoms with van der Waals surface area (Å²) in [5, 5.41) is 4.63. The summed E-state index contributed by atoms with van der Waals surface area (Å²) < 4.78 is 7.82. The van der Waals surface area contributed by atoms with Gasteiger partial charge in [-0.25, -0.2) is 4.98 Å². The van der Waals surface area contributed by atoms with Crippen molar-refractivity contribution in [2.24, 2.45) is 0 Å². The molecule has 6 nitrogen and oxygen atoms in total. The van der Waals surface area contributed by atoms with Crippen LogP contribution < -0.4 is 5.32 Å². The highest BCUT2D eigenvalue weighted by atomic mass is 16.3. The predicted octanol–water partition coefficient (Wildman–Crippen LogP) is 5.53. The first kappa shape index (κ1) is 17.6. The van der Waals surface area contributed by atoms with Gasteiger partial charge in [0.2, 0.25) is 5.95 Å². The molecule has 156 valence electrons. The van der Waals surface area contributed by atoms with Crippen molar-refractivity contribution in [3.05, 3.63) is 95.7 Å². The fourth-order valence-corrected chi connectivity index (χ4v) is 5.36. The lowest BCUT2D eigenvalue weighted by atomic mass is 9.79. The number of para-hydroxylation sites is 3. The lowest BCUT2D eigenvalue weighted by Gasteiger charge is -2.35. The Bertz CT molecular complexity index is 1540. The molecule has 3 aromatic heterocycles. The quantitative estimate of drug-likeness (QED) is 0.394. The Kier molecular flexibility index (Phi) is 3.56. The van der Waals surface area contributed by atoms with Crippen molar-refractivity contribution < 1.29 is 9.21 Å².